The van der Waals surface area contributed by atoms with Crippen molar-refractivity contribution in [1.29, 1.82) is 5.26 Å². The Morgan fingerprint density at radius 3 is 2.71 bits per heavy atom. The molecule has 34 heavy (non-hydrogen) atoms. The van der Waals surface area contributed by atoms with Crippen molar-refractivity contribution in [3.05, 3.63) is 71.7 Å². The molecule has 1 N–H and O–H groups in total. The van der Waals surface area contributed by atoms with E-state index in [9.17, 15) is 10.4 Å². The molecule has 0 bridgehead atoms. The molecule has 1 saturated carbocycles. The van der Waals surface area contributed by atoms with Crippen LogP contribution in [0.15, 0.2) is 59.3 Å². The number of aryl methyl sites for hydroxylation is 1. The highest BCUT2D eigenvalue weighted by atomic mass is 16.3. The molecular weight excluding hydrogens is 428 g/mol. The van der Waals surface area contributed by atoms with Crippen LogP contribution in [0, 0.1) is 11.3 Å². The van der Waals surface area contributed by atoms with Gasteiger partial charge in [0, 0.05) is 24.2 Å². The topological polar surface area (TPSA) is 114 Å². The molecule has 166 valence electrons. The zero-order chi connectivity index (χ0) is 23.2. The van der Waals surface area contributed by atoms with E-state index in [-0.39, 0.29) is 6.61 Å². The van der Waals surface area contributed by atoms with Gasteiger partial charge in [-0.1, -0.05) is 12.1 Å². The number of fused-ring (bicyclic) bond motifs is 1. The maximum Gasteiger partial charge on any atom is 0.246 e. The lowest BCUT2D eigenvalue weighted by Gasteiger charge is -2.12. The summed E-state index contributed by atoms with van der Waals surface area (Å²) in [5.41, 5.74) is 7.00. The van der Waals surface area contributed by atoms with E-state index in [4.69, 9.17) is 9.40 Å². The molecule has 8 nitrogen and oxygen atoms in total. The van der Waals surface area contributed by atoms with Gasteiger partial charge in [-0.05, 0) is 65.9 Å². The van der Waals surface area contributed by atoms with Crippen molar-refractivity contribution < 1.29 is 9.52 Å². The third kappa shape index (κ3) is 3.52. The monoisotopic (exact) mass is 448 g/mol. The molecule has 1 aliphatic rings. The van der Waals surface area contributed by atoms with E-state index in [1.54, 1.807) is 6.33 Å². The average molecular weight is 448 g/mol. The number of rotatable bonds is 5. The maximum atomic E-state index is 9.48. The van der Waals surface area contributed by atoms with Crippen LogP contribution in [0.3, 0.4) is 0 Å². The molecule has 5 aromatic rings. The Morgan fingerprint density at radius 1 is 1.09 bits per heavy atom. The summed E-state index contributed by atoms with van der Waals surface area (Å²) in [4.78, 5) is 9.53. The molecule has 6 rings (SSSR count). The number of aliphatic hydroxyl groups is 1. The minimum absolute atomic E-state index is 0.0544. The summed E-state index contributed by atoms with van der Waals surface area (Å²) in [6.07, 6.45) is 3.85. The Hall–Kier alpha value is -4.35. The third-order valence-electron chi connectivity index (χ3n) is 6.11. The molecule has 1 fully saturated rings. The number of nitriles is 1. The van der Waals surface area contributed by atoms with Crippen molar-refractivity contribution in [2.24, 2.45) is 7.05 Å². The normalized spacial score (nSPS) is 13.3. The lowest BCUT2D eigenvalue weighted by molar-refractivity contribution is 0.282. The number of aliphatic hydroxyl groups excluding tert-OH is 1. The summed E-state index contributed by atoms with van der Waals surface area (Å²) in [7, 11) is 1.88. The first-order valence-corrected chi connectivity index (χ1v) is 11.0. The first-order valence-electron chi connectivity index (χ1n) is 11.0. The van der Waals surface area contributed by atoms with Crippen LogP contribution in [0.1, 0.15) is 35.6 Å². The second kappa shape index (κ2) is 7.90. The Bertz CT molecular complexity index is 1590. The van der Waals surface area contributed by atoms with E-state index < -0.39 is 0 Å². The second-order valence-electron chi connectivity index (χ2n) is 8.56. The Balaban J connectivity index is 1.54. The number of pyridine rings is 1. The lowest BCUT2D eigenvalue weighted by Crippen LogP contribution is -1.97. The highest BCUT2D eigenvalue weighted by Crippen LogP contribution is 2.42. The van der Waals surface area contributed by atoms with E-state index in [2.05, 4.69) is 27.3 Å². The van der Waals surface area contributed by atoms with Crippen LogP contribution in [-0.4, -0.2) is 29.8 Å². The van der Waals surface area contributed by atoms with Crippen LogP contribution in [-0.2, 0) is 13.7 Å². The van der Waals surface area contributed by atoms with E-state index in [0.29, 0.717) is 40.0 Å². The highest BCUT2D eigenvalue weighted by molar-refractivity contribution is 5.84. The number of benzene rings is 2. The van der Waals surface area contributed by atoms with Gasteiger partial charge < -0.3 is 14.1 Å². The molecule has 1 aliphatic carbocycles. The van der Waals surface area contributed by atoms with E-state index in [1.165, 1.54) is 0 Å². The highest BCUT2D eigenvalue weighted by Gasteiger charge is 2.27. The van der Waals surface area contributed by atoms with Crippen LogP contribution in [0.2, 0.25) is 0 Å². The van der Waals surface area contributed by atoms with Gasteiger partial charge >= 0.3 is 0 Å². The smallest absolute Gasteiger partial charge is 0.246 e. The first kappa shape index (κ1) is 20.3. The molecule has 0 radical (unpaired) electrons. The fraction of sp³-hybridized carbons (Fsp3) is 0.192. The van der Waals surface area contributed by atoms with Crippen molar-refractivity contribution in [2.45, 2.75) is 25.4 Å². The summed E-state index contributed by atoms with van der Waals surface area (Å²) in [5, 5.41) is 27.2. The summed E-state index contributed by atoms with van der Waals surface area (Å²) in [5.74, 6) is 1.53. The van der Waals surface area contributed by atoms with Gasteiger partial charge in [-0.25, -0.2) is 9.97 Å². The number of nitrogens with zero attached hydrogens (tertiary/aromatic N) is 6. The molecule has 3 aromatic heterocycles. The van der Waals surface area contributed by atoms with Gasteiger partial charge in [0.15, 0.2) is 11.4 Å². The predicted molar refractivity (Wildman–Crippen MR) is 125 cm³/mol. The quantitative estimate of drug-likeness (QED) is 0.418. The van der Waals surface area contributed by atoms with Crippen LogP contribution in [0.4, 0.5) is 0 Å². The molecule has 0 amide bonds. The average Bonchev–Trinajstić information content (AvgIpc) is 3.50. The van der Waals surface area contributed by atoms with Crippen molar-refractivity contribution in [1.82, 2.24) is 24.7 Å². The van der Waals surface area contributed by atoms with Gasteiger partial charge in [-0.2, -0.15) is 5.26 Å². The molecule has 0 aliphatic heterocycles. The molecule has 0 unspecified atom stereocenters. The van der Waals surface area contributed by atoms with Crippen LogP contribution in [0.25, 0.3) is 45.2 Å². The predicted octanol–water partition coefficient (Wildman–Crippen LogP) is 4.59. The molecule has 0 spiro atoms. The van der Waals surface area contributed by atoms with Crippen molar-refractivity contribution >= 4 is 11.1 Å². The molecule has 8 heteroatoms. The Kier molecular flexibility index (Phi) is 4.71. The molecule has 3 heterocycles. The zero-order valence-electron chi connectivity index (χ0n) is 18.4. The molecular formula is C26H20N6O2. The van der Waals surface area contributed by atoms with Crippen LogP contribution >= 0.6 is 0 Å². The minimum atomic E-state index is -0.0544. The zero-order valence-corrected chi connectivity index (χ0v) is 18.4. The second-order valence-corrected chi connectivity index (χ2v) is 8.56. The molecule has 2 aromatic carbocycles. The SMILES string of the molecule is Cn1cnnc1-c1cc(C#N)ccc1-c1cc(-c2nc3cc(CO)ccc3o2)nc(C2CC2)c1. The van der Waals surface area contributed by atoms with Gasteiger partial charge in [-0.15, -0.1) is 10.2 Å². The van der Waals surface area contributed by atoms with Crippen molar-refractivity contribution in [3.63, 3.8) is 0 Å². The van der Waals surface area contributed by atoms with Gasteiger partial charge in [0.2, 0.25) is 5.89 Å². The minimum Gasteiger partial charge on any atom is -0.435 e. The maximum absolute atomic E-state index is 9.48. The standard InChI is InChI=1S/C26H20N6O2/c1-32-14-28-31-25(32)20-8-15(12-27)2-6-19(20)18-10-21(17-4-5-17)29-23(11-18)26-30-22-9-16(13-33)3-7-24(22)34-26/h2-3,6-11,14,17,33H,4-5,13H2,1H3. The largest absolute Gasteiger partial charge is 0.435 e. The lowest BCUT2D eigenvalue weighted by atomic mass is 9.96. The van der Waals surface area contributed by atoms with E-state index in [1.807, 2.05) is 54.1 Å². The number of aromatic nitrogens is 5. The van der Waals surface area contributed by atoms with Gasteiger partial charge in [-0.3, -0.25) is 0 Å². The first-order chi connectivity index (χ1) is 16.6. The number of hydrogen-bond acceptors (Lipinski definition) is 7. The summed E-state index contributed by atoms with van der Waals surface area (Å²) in [6.45, 7) is -0.0544. The summed E-state index contributed by atoms with van der Waals surface area (Å²) >= 11 is 0. The van der Waals surface area contributed by atoms with Crippen molar-refractivity contribution in [3.8, 4) is 40.2 Å². The van der Waals surface area contributed by atoms with Gasteiger partial charge in [0.25, 0.3) is 0 Å². The fourth-order valence-corrected chi connectivity index (χ4v) is 4.16. The molecule has 0 atom stereocenters. The number of hydrogen-bond donors (Lipinski definition) is 1. The van der Waals surface area contributed by atoms with Crippen molar-refractivity contribution in [2.75, 3.05) is 0 Å². The van der Waals surface area contributed by atoms with E-state index in [0.717, 1.165) is 40.8 Å². The fourth-order valence-electron chi connectivity index (χ4n) is 4.16. The van der Waals surface area contributed by atoms with E-state index >= 15 is 0 Å². The van der Waals surface area contributed by atoms with Gasteiger partial charge in [0.1, 0.15) is 17.5 Å². The van der Waals surface area contributed by atoms with Gasteiger partial charge in [0.05, 0.1) is 18.2 Å². The summed E-state index contributed by atoms with van der Waals surface area (Å²) in [6, 6.07) is 17.3. The summed E-state index contributed by atoms with van der Waals surface area (Å²) < 4.78 is 7.87. The van der Waals surface area contributed by atoms with Crippen LogP contribution < -0.4 is 0 Å². The Morgan fingerprint density at radius 2 is 1.97 bits per heavy atom. The molecule has 0 saturated heterocycles. The van der Waals surface area contributed by atoms with Crippen LogP contribution in [0.5, 0.6) is 0 Å². The Labute approximate surface area is 195 Å². The number of oxazole rings is 1. The third-order valence-corrected chi connectivity index (χ3v) is 6.11.